The van der Waals surface area contributed by atoms with E-state index in [1.807, 2.05) is 0 Å². The number of hydrogen-bond donors (Lipinski definition) is 1. The molecule has 3 heteroatoms. The van der Waals surface area contributed by atoms with Crippen LogP contribution in [0.4, 0.5) is 8.78 Å². The highest BCUT2D eigenvalue weighted by Crippen LogP contribution is 2.10. The molecule has 0 aromatic heterocycles. The van der Waals surface area contributed by atoms with Crippen LogP contribution in [0.1, 0.15) is 12.0 Å². The molecule has 0 bridgehead atoms. The molecule has 0 fully saturated rings. The van der Waals surface area contributed by atoms with E-state index >= 15 is 0 Å². The standard InChI is InChI=1S/C11H12F2O/c12-7-10(8-14)2-1-9-3-5-11(13)6-4-9/h3-7,14H,1-2,8H2/b10-7+. The molecule has 76 valence electrons. The minimum atomic E-state index is -0.280. The Morgan fingerprint density at radius 1 is 1.29 bits per heavy atom. The van der Waals surface area contributed by atoms with Crippen molar-refractivity contribution in [1.82, 2.24) is 0 Å². The Hall–Kier alpha value is -1.22. The van der Waals surface area contributed by atoms with Crippen LogP contribution in [0.5, 0.6) is 0 Å². The predicted molar refractivity (Wildman–Crippen MR) is 51.0 cm³/mol. The van der Waals surface area contributed by atoms with Gasteiger partial charge in [-0.3, -0.25) is 0 Å². The highest BCUT2D eigenvalue weighted by molar-refractivity contribution is 5.17. The summed E-state index contributed by atoms with van der Waals surface area (Å²) in [4.78, 5) is 0. The Labute approximate surface area is 81.7 Å². The second-order valence-corrected chi connectivity index (χ2v) is 3.05. The number of benzene rings is 1. The largest absolute Gasteiger partial charge is 0.392 e. The second-order valence-electron chi connectivity index (χ2n) is 3.05. The monoisotopic (exact) mass is 198 g/mol. The van der Waals surface area contributed by atoms with E-state index in [9.17, 15) is 8.78 Å². The fourth-order valence-electron chi connectivity index (χ4n) is 1.12. The third-order valence-corrected chi connectivity index (χ3v) is 2.01. The molecule has 1 aromatic rings. The number of aliphatic hydroxyl groups excluding tert-OH is 1. The Balaban J connectivity index is 2.49. The van der Waals surface area contributed by atoms with Crippen molar-refractivity contribution in [2.75, 3.05) is 6.61 Å². The van der Waals surface area contributed by atoms with Gasteiger partial charge in [0.05, 0.1) is 12.9 Å². The van der Waals surface area contributed by atoms with Gasteiger partial charge in [0.1, 0.15) is 5.82 Å². The number of halogens is 2. The molecule has 0 heterocycles. The van der Waals surface area contributed by atoms with Gasteiger partial charge in [0.15, 0.2) is 0 Å². The fourth-order valence-corrected chi connectivity index (χ4v) is 1.12. The average Bonchev–Trinajstić information content (AvgIpc) is 2.22. The molecule has 0 aliphatic carbocycles. The summed E-state index contributed by atoms with van der Waals surface area (Å²) in [5, 5.41) is 8.68. The summed E-state index contributed by atoms with van der Waals surface area (Å²) in [6.07, 6.45) is 1.48. The summed E-state index contributed by atoms with van der Waals surface area (Å²) < 4.78 is 24.5. The molecule has 0 aliphatic heterocycles. The molecule has 0 spiro atoms. The van der Waals surface area contributed by atoms with Crippen molar-refractivity contribution in [3.05, 3.63) is 47.5 Å². The first kappa shape index (κ1) is 10.9. The van der Waals surface area contributed by atoms with E-state index in [0.717, 1.165) is 5.56 Å². The summed E-state index contributed by atoms with van der Waals surface area (Å²) in [6.45, 7) is -0.266. The molecule has 0 aliphatic rings. The molecule has 0 saturated heterocycles. The number of rotatable bonds is 4. The summed E-state index contributed by atoms with van der Waals surface area (Å²) in [5.74, 6) is -0.280. The first-order valence-electron chi connectivity index (χ1n) is 4.39. The molecule has 0 atom stereocenters. The second kappa shape index (κ2) is 5.50. The lowest BCUT2D eigenvalue weighted by atomic mass is 10.1. The van der Waals surface area contributed by atoms with Gasteiger partial charge in [-0.25, -0.2) is 8.78 Å². The third-order valence-electron chi connectivity index (χ3n) is 2.01. The van der Waals surface area contributed by atoms with E-state index in [-0.39, 0.29) is 12.4 Å². The third kappa shape index (κ3) is 3.26. The fraction of sp³-hybridized carbons (Fsp3) is 0.273. The van der Waals surface area contributed by atoms with Gasteiger partial charge in [0.2, 0.25) is 0 Å². The van der Waals surface area contributed by atoms with Crippen LogP contribution < -0.4 is 0 Å². The van der Waals surface area contributed by atoms with Crippen LogP contribution in [0, 0.1) is 5.82 Å². The van der Waals surface area contributed by atoms with E-state index in [1.54, 1.807) is 12.1 Å². The van der Waals surface area contributed by atoms with Crippen molar-refractivity contribution in [3.63, 3.8) is 0 Å². The summed E-state index contributed by atoms with van der Waals surface area (Å²) in [5.41, 5.74) is 1.29. The molecule has 1 nitrogen and oxygen atoms in total. The lowest BCUT2D eigenvalue weighted by Crippen LogP contribution is -1.93. The molecule has 0 saturated carbocycles. The molecule has 0 amide bonds. The molecule has 0 radical (unpaired) electrons. The first-order valence-corrected chi connectivity index (χ1v) is 4.39. The van der Waals surface area contributed by atoms with Gasteiger partial charge >= 0.3 is 0 Å². The van der Waals surface area contributed by atoms with Gasteiger partial charge in [0, 0.05) is 0 Å². The van der Waals surface area contributed by atoms with E-state index in [0.29, 0.717) is 24.7 Å². The summed E-state index contributed by atoms with van der Waals surface area (Å²) in [6, 6.07) is 6.05. The van der Waals surface area contributed by atoms with Crippen molar-refractivity contribution in [2.45, 2.75) is 12.8 Å². The minimum Gasteiger partial charge on any atom is -0.392 e. The Bertz CT molecular complexity index is 304. The minimum absolute atomic E-state index is 0.266. The van der Waals surface area contributed by atoms with Crippen molar-refractivity contribution >= 4 is 0 Å². The molecular formula is C11H12F2O. The lowest BCUT2D eigenvalue weighted by molar-refractivity contribution is 0.323. The Morgan fingerprint density at radius 2 is 1.93 bits per heavy atom. The van der Waals surface area contributed by atoms with Crippen molar-refractivity contribution in [3.8, 4) is 0 Å². The van der Waals surface area contributed by atoms with Crippen LogP contribution in [0.25, 0.3) is 0 Å². The maximum atomic E-state index is 12.5. The van der Waals surface area contributed by atoms with E-state index < -0.39 is 0 Å². The number of hydrogen-bond acceptors (Lipinski definition) is 1. The zero-order valence-corrected chi connectivity index (χ0v) is 7.71. The maximum Gasteiger partial charge on any atom is 0.123 e. The SMILES string of the molecule is OC/C(=C/F)CCc1ccc(F)cc1. The van der Waals surface area contributed by atoms with Gasteiger partial charge in [-0.2, -0.15) is 0 Å². The highest BCUT2D eigenvalue weighted by Gasteiger charge is 1.98. The van der Waals surface area contributed by atoms with Crippen LogP contribution in [-0.2, 0) is 6.42 Å². The zero-order chi connectivity index (χ0) is 10.4. The van der Waals surface area contributed by atoms with Gasteiger partial charge in [0.25, 0.3) is 0 Å². The van der Waals surface area contributed by atoms with Crippen LogP contribution in [0.15, 0.2) is 36.2 Å². The molecule has 14 heavy (non-hydrogen) atoms. The van der Waals surface area contributed by atoms with E-state index in [2.05, 4.69) is 0 Å². The van der Waals surface area contributed by atoms with Gasteiger partial charge < -0.3 is 5.11 Å². The van der Waals surface area contributed by atoms with Crippen LogP contribution >= 0.6 is 0 Å². The molecule has 0 unspecified atom stereocenters. The topological polar surface area (TPSA) is 20.2 Å². The molecule has 1 N–H and O–H groups in total. The van der Waals surface area contributed by atoms with Gasteiger partial charge in [-0.15, -0.1) is 0 Å². The van der Waals surface area contributed by atoms with Crippen LogP contribution in [-0.4, -0.2) is 11.7 Å². The molecule has 1 rings (SSSR count). The van der Waals surface area contributed by atoms with Crippen molar-refractivity contribution in [2.24, 2.45) is 0 Å². The predicted octanol–water partition coefficient (Wildman–Crippen LogP) is 2.60. The molecule has 1 aromatic carbocycles. The summed E-state index contributed by atoms with van der Waals surface area (Å²) >= 11 is 0. The molecular weight excluding hydrogens is 186 g/mol. The number of aliphatic hydroxyl groups is 1. The average molecular weight is 198 g/mol. The van der Waals surface area contributed by atoms with Gasteiger partial charge in [-0.05, 0) is 36.1 Å². The van der Waals surface area contributed by atoms with E-state index in [1.165, 1.54) is 12.1 Å². The smallest absolute Gasteiger partial charge is 0.123 e. The zero-order valence-electron chi connectivity index (χ0n) is 7.71. The summed E-state index contributed by atoms with van der Waals surface area (Å²) in [7, 11) is 0. The van der Waals surface area contributed by atoms with Crippen LogP contribution in [0.3, 0.4) is 0 Å². The quantitative estimate of drug-likeness (QED) is 0.788. The Kier molecular flexibility index (Phi) is 4.26. The number of aryl methyl sites for hydroxylation is 1. The van der Waals surface area contributed by atoms with Crippen molar-refractivity contribution < 1.29 is 13.9 Å². The first-order chi connectivity index (χ1) is 6.76. The normalized spacial score (nSPS) is 11.8. The maximum absolute atomic E-state index is 12.5. The van der Waals surface area contributed by atoms with E-state index in [4.69, 9.17) is 5.11 Å². The highest BCUT2D eigenvalue weighted by atomic mass is 19.1. The Morgan fingerprint density at radius 3 is 2.43 bits per heavy atom. The van der Waals surface area contributed by atoms with Gasteiger partial charge in [-0.1, -0.05) is 12.1 Å². The lowest BCUT2D eigenvalue weighted by Gasteiger charge is -2.02. The van der Waals surface area contributed by atoms with Crippen LogP contribution in [0.2, 0.25) is 0 Å². The van der Waals surface area contributed by atoms with Crippen molar-refractivity contribution in [1.29, 1.82) is 0 Å².